The fraction of sp³-hybridized carbons (Fsp3) is 0.286. The number of anilines is 2. The van der Waals surface area contributed by atoms with E-state index < -0.39 is 29.0 Å². The molecule has 186 valence electrons. The number of fused-ring (bicyclic) bond motifs is 2. The van der Waals surface area contributed by atoms with Gasteiger partial charge in [-0.15, -0.1) is 11.3 Å². The molecule has 2 aromatic carbocycles. The average Bonchev–Trinajstić information content (AvgIpc) is 3.23. The van der Waals surface area contributed by atoms with Crippen LogP contribution in [0.2, 0.25) is 0 Å². The Morgan fingerprint density at radius 3 is 2.49 bits per heavy atom. The first-order chi connectivity index (χ1) is 16.3. The molecule has 2 N–H and O–H groups in total. The van der Waals surface area contributed by atoms with Crippen LogP contribution in [-0.4, -0.2) is 46.2 Å². The smallest absolute Gasteiger partial charge is 0.756 e. The monoisotopic (exact) mass is 583 g/mol. The number of benzene rings is 2. The maximum absolute atomic E-state index is 13.4. The first kappa shape index (κ1) is 32.5. The van der Waals surface area contributed by atoms with Crippen LogP contribution in [0.4, 0.5) is 11.5 Å². The number of phosphoric ester groups is 1. The number of hydrogen-bond acceptors (Lipinski definition) is 11. The van der Waals surface area contributed by atoms with Gasteiger partial charge >= 0.3 is 59.1 Å². The molecule has 0 bridgehead atoms. The second-order valence-electron chi connectivity index (χ2n) is 8.46. The average molecular weight is 584 g/mol. The van der Waals surface area contributed by atoms with Crippen molar-refractivity contribution < 1.29 is 91.1 Å². The Labute approximate surface area is 262 Å². The van der Waals surface area contributed by atoms with Crippen molar-refractivity contribution in [1.82, 2.24) is 15.0 Å². The number of nitrogens with zero attached hydrogens (tertiary/aromatic N) is 3. The molecule has 2 aromatic heterocycles. The van der Waals surface area contributed by atoms with Crippen LogP contribution in [0.1, 0.15) is 20.8 Å². The summed E-state index contributed by atoms with van der Waals surface area (Å²) in [6, 6.07) is 8.53. The van der Waals surface area contributed by atoms with E-state index in [-0.39, 0.29) is 76.4 Å². The predicted molar refractivity (Wildman–Crippen MR) is 131 cm³/mol. The fourth-order valence-electron chi connectivity index (χ4n) is 3.19. The zero-order valence-corrected chi connectivity index (χ0v) is 27.5. The minimum Gasteiger partial charge on any atom is -0.756 e. The third-order valence-corrected chi connectivity index (χ3v) is 8.81. The van der Waals surface area contributed by atoms with E-state index in [1.54, 1.807) is 26.3 Å². The van der Waals surface area contributed by atoms with Crippen molar-refractivity contribution >= 4 is 61.6 Å². The minimum absolute atomic E-state index is 0. The number of thiazole rings is 1. The van der Waals surface area contributed by atoms with Crippen molar-refractivity contribution in [2.24, 2.45) is 0 Å². The summed E-state index contributed by atoms with van der Waals surface area (Å²) in [5, 5.41) is 3.64. The third kappa shape index (κ3) is 7.71. The summed E-state index contributed by atoms with van der Waals surface area (Å²) in [7, 11) is -8.83. The number of aromatic nitrogens is 3. The predicted octanol–water partition coefficient (Wildman–Crippen LogP) is -2.58. The van der Waals surface area contributed by atoms with Gasteiger partial charge in [0.05, 0.1) is 32.6 Å². The first-order valence-electron chi connectivity index (χ1n) is 10.3. The second-order valence-corrected chi connectivity index (χ2v) is 13.2. The maximum atomic E-state index is 13.4. The number of hydrogen-bond donors (Lipinski definition) is 2. The van der Waals surface area contributed by atoms with E-state index in [1.165, 1.54) is 29.8 Å². The van der Waals surface area contributed by atoms with Crippen LogP contribution >= 0.6 is 19.2 Å². The van der Waals surface area contributed by atoms with E-state index in [0.29, 0.717) is 22.4 Å². The van der Waals surface area contributed by atoms with Crippen LogP contribution in [0.25, 0.3) is 21.1 Å². The van der Waals surface area contributed by atoms with Gasteiger partial charge in [-0.3, -0.25) is 4.57 Å². The van der Waals surface area contributed by atoms with Gasteiger partial charge in [0.15, 0.2) is 9.84 Å². The molecule has 0 spiro atoms. The van der Waals surface area contributed by atoms with Crippen LogP contribution in [0.15, 0.2) is 47.1 Å². The Balaban J connectivity index is 0.00000241. The summed E-state index contributed by atoms with van der Waals surface area (Å²) in [6.07, 6.45) is 1.33. The first-order valence-corrected chi connectivity index (χ1v) is 14.2. The molecular formula is C21H22N4Na2O7PS2+. The summed E-state index contributed by atoms with van der Waals surface area (Å²) < 4.78 is 47.3. The van der Waals surface area contributed by atoms with E-state index >= 15 is 0 Å². The summed E-state index contributed by atoms with van der Waals surface area (Å²) in [5.41, 5.74) is 3.68. The van der Waals surface area contributed by atoms with Crippen molar-refractivity contribution in [3.63, 3.8) is 0 Å². The largest absolute Gasteiger partial charge is 1.00 e. The van der Waals surface area contributed by atoms with Crippen LogP contribution in [-0.2, 0) is 18.9 Å². The van der Waals surface area contributed by atoms with E-state index in [9.17, 15) is 17.9 Å². The van der Waals surface area contributed by atoms with Gasteiger partial charge in [0.25, 0.3) is 7.82 Å². The summed E-state index contributed by atoms with van der Waals surface area (Å²) in [5.74, 6) is 0.362. The Morgan fingerprint density at radius 1 is 1.08 bits per heavy atom. The van der Waals surface area contributed by atoms with Crippen molar-refractivity contribution in [2.75, 3.05) is 18.5 Å². The molecule has 0 aliphatic heterocycles. The number of phosphoric acid groups is 1. The molecule has 1 atom stereocenters. The van der Waals surface area contributed by atoms with Gasteiger partial charge in [-0.05, 0) is 45.0 Å². The minimum atomic E-state index is -4.93. The van der Waals surface area contributed by atoms with Gasteiger partial charge in [-0.2, -0.15) is 0 Å². The Bertz CT molecular complexity index is 1560. The molecule has 0 saturated carbocycles. The second kappa shape index (κ2) is 12.7. The van der Waals surface area contributed by atoms with Gasteiger partial charge in [0, 0.05) is 17.1 Å². The van der Waals surface area contributed by atoms with Crippen molar-refractivity contribution in [2.45, 2.75) is 30.4 Å². The SMILES string of the molecule is CC(C)(C)S(=O)(=O)c1cc2c(Nc3ccc4scnc4c3)ncnc2cc1OCCOP(=O)([O-])O.[Na+].[Na+]. The summed E-state index contributed by atoms with van der Waals surface area (Å²) >= 11 is 1.52. The van der Waals surface area contributed by atoms with E-state index in [4.69, 9.17) is 9.63 Å². The molecule has 0 aliphatic carbocycles. The maximum Gasteiger partial charge on any atom is 1.00 e. The molecule has 2 heterocycles. The van der Waals surface area contributed by atoms with Gasteiger partial charge in [0.1, 0.15) is 29.4 Å². The number of ether oxygens (including phenoxy) is 1. The molecular weight excluding hydrogens is 561 g/mol. The van der Waals surface area contributed by atoms with Gasteiger partial charge < -0.3 is 24.4 Å². The summed E-state index contributed by atoms with van der Waals surface area (Å²) in [6.45, 7) is 3.85. The van der Waals surface area contributed by atoms with Crippen molar-refractivity contribution in [3.8, 4) is 5.75 Å². The molecule has 0 amide bonds. The Morgan fingerprint density at radius 2 is 1.81 bits per heavy atom. The van der Waals surface area contributed by atoms with E-state index in [1.807, 2.05) is 18.2 Å². The van der Waals surface area contributed by atoms with Gasteiger partial charge in [-0.1, -0.05) is 0 Å². The van der Waals surface area contributed by atoms with Gasteiger partial charge in [0.2, 0.25) is 0 Å². The molecule has 16 heteroatoms. The molecule has 4 rings (SSSR count). The third-order valence-electron chi connectivity index (χ3n) is 4.98. The normalized spacial score (nSPS) is 13.4. The number of sulfone groups is 1. The van der Waals surface area contributed by atoms with Crippen LogP contribution in [0.3, 0.4) is 0 Å². The zero-order valence-electron chi connectivity index (χ0n) is 21.0. The van der Waals surface area contributed by atoms with Crippen LogP contribution < -0.4 is 74.1 Å². The molecule has 0 saturated heterocycles. The molecule has 11 nitrogen and oxygen atoms in total. The summed E-state index contributed by atoms with van der Waals surface area (Å²) in [4.78, 5) is 32.3. The molecule has 37 heavy (non-hydrogen) atoms. The Hall–Kier alpha value is -0.670. The molecule has 0 radical (unpaired) electrons. The Kier molecular flexibility index (Phi) is 11.1. The standard InChI is InChI=1S/C21H23N4O7PS2.2Na/c1-21(2,3)35(29,30)19-9-14-15(10-17(19)31-6-7-32-33(26,27)28)22-11-23-20(14)25-13-4-5-18-16(8-13)24-12-34-18;;/h4-5,8-12H,6-7H2,1-3H3,(H,22,23,25)(H2,26,27,28);;/q;2*+1/p-1. The number of rotatable bonds is 8. The molecule has 1 unspecified atom stereocenters. The topological polar surface area (TPSA) is 164 Å². The van der Waals surface area contributed by atoms with E-state index in [2.05, 4.69) is 24.8 Å². The molecule has 4 aromatic rings. The van der Waals surface area contributed by atoms with E-state index in [0.717, 1.165) is 10.2 Å². The van der Waals surface area contributed by atoms with Gasteiger partial charge in [-0.25, -0.2) is 23.4 Å². The number of nitrogens with one attached hydrogen (secondary N) is 1. The quantitative estimate of drug-likeness (QED) is 0.127. The van der Waals surface area contributed by atoms with Crippen LogP contribution in [0.5, 0.6) is 5.75 Å². The van der Waals surface area contributed by atoms with Crippen molar-refractivity contribution in [1.29, 1.82) is 0 Å². The fourth-order valence-corrected chi connectivity index (χ4v) is 5.47. The molecule has 0 fully saturated rings. The molecule has 0 aliphatic rings. The zero-order chi connectivity index (χ0) is 25.4. The van der Waals surface area contributed by atoms with Crippen LogP contribution in [0, 0.1) is 0 Å². The van der Waals surface area contributed by atoms with Crippen molar-refractivity contribution in [3.05, 3.63) is 42.2 Å².